The van der Waals surface area contributed by atoms with Crippen LogP contribution in [-0.2, 0) is 4.74 Å². The molecule has 0 bridgehead atoms. The lowest BCUT2D eigenvalue weighted by Gasteiger charge is -2.29. The molecule has 0 atom stereocenters. The highest BCUT2D eigenvalue weighted by atomic mass is 16.5. The Balaban J connectivity index is 2.22. The highest BCUT2D eigenvalue weighted by Gasteiger charge is 2.13. The summed E-state index contributed by atoms with van der Waals surface area (Å²) < 4.78 is 10.8. The van der Waals surface area contributed by atoms with E-state index in [2.05, 4.69) is 4.90 Å². The fraction of sp³-hybridized carbons (Fsp3) is 0.462. The third kappa shape index (κ3) is 2.77. The fourth-order valence-electron chi connectivity index (χ4n) is 1.92. The minimum absolute atomic E-state index is 0.563. The molecule has 1 aromatic rings. The number of anilines is 1. The van der Waals surface area contributed by atoms with Gasteiger partial charge in [-0.05, 0) is 19.1 Å². The lowest BCUT2D eigenvalue weighted by molar-refractivity contribution is 0.111. The Bertz CT molecular complexity index is 386. The molecule has 0 amide bonds. The van der Waals surface area contributed by atoms with Crippen LogP contribution in [0.1, 0.15) is 17.3 Å². The molecule has 1 fully saturated rings. The number of rotatable bonds is 4. The second-order valence-electron chi connectivity index (χ2n) is 3.87. The van der Waals surface area contributed by atoms with E-state index >= 15 is 0 Å². The maximum atomic E-state index is 10.9. The zero-order valence-electron chi connectivity index (χ0n) is 10.0. The number of hydrogen-bond acceptors (Lipinski definition) is 4. The van der Waals surface area contributed by atoms with Gasteiger partial charge in [0.25, 0.3) is 0 Å². The minimum atomic E-state index is 0.563. The van der Waals surface area contributed by atoms with E-state index in [9.17, 15) is 4.79 Å². The van der Waals surface area contributed by atoms with E-state index in [1.807, 2.05) is 25.1 Å². The largest absolute Gasteiger partial charge is 0.493 e. The third-order valence-electron chi connectivity index (χ3n) is 2.80. The van der Waals surface area contributed by atoms with Crippen molar-refractivity contribution in [2.45, 2.75) is 6.92 Å². The average Bonchev–Trinajstić information content (AvgIpc) is 2.40. The van der Waals surface area contributed by atoms with Gasteiger partial charge in [-0.2, -0.15) is 0 Å². The third-order valence-corrected chi connectivity index (χ3v) is 2.80. The van der Waals surface area contributed by atoms with Crippen molar-refractivity contribution in [1.29, 1.82) is 0 Å². The van der Waals surface area contributed by atoms with E-state index in [1.165, 1.54) is 0 Å². The van der Waals surface area contributed by atoms with Crippen LogP contribution >= 0.6 is 0 Å². The van der Waals surface area contributed by atoms with E-state index in [0.717, 1.165) is 38.3 Å². The number of hydrogen-bond donors (Lipinski definition) is 0. The number of ether oxygens (including phenoxy) is 2. The normalized spacial score (nSPS) is 15.7. The Labute approximate surface area is 101 Å². The molecule has 4 heteroatoms. The molecule has 1 aliphatic heterocycles. The SMILES string of the molecule is CCOc1cc(N2CCOCC2)ccc1C=O. The molecule has 1 aromatic carbocycles. The number of carbonyl (C=O) groups is 1. The van der Waals surface area contributed by atoms with Crippen molar-refractivity contribution in [3.8, 4) is 5.75 Å². The molecule has 2 rings (SSSR count). The summed E-state index contributed by atoms with van der Waals surface area (Å²) >= 11 is 0. The van der Waals surface area contributed by atoms with Gasteiger partial charge in [-0.1, -0.05) is 0 Å². The number of benzene rings is 1. The van der Waals surface area contributed by atoms with Crippen molar-refractivity contribution in [3.05, 3.63) is 23.8 Å². The van der Waals surface area contributed by atoms with Gasteiger partial charge in [0, 0.05) is 24.8 Å². The molecule has 1 saturated heterocycles. The monoisotopic (exact) mass is 235 g/mol. The molecule has 0 saturated carbocycles. The molecule has 0 N–H and O–H groups in total. The molecule has 17 heavy (non-hydrogen) atoms. The molecule has 4 nitrogen and oxygen atoms in total. The predicted octanol–water partition coefficient (Wildman–Crippen LogP) is 1.73. The van der Waals surface area contributed by atoms with Gasteiger partial charge in [0.2, 0.25) is 0 Å². The van der Waals surface area contributed by atoms with Crippen LogP contribution in [0.3, 0.4) is 0 Å². The molecule has 1 heterocycles. The summed E-state index contributed by atoms with van der Waals surface area (Å²) in [5.41, 5.74) is 1.69. The zero-order chi connectivity index (χ0) is 12.1. The first kappa shape index (κ1) is 11.9. The molecule has 0 aliphatic carbocycles. The number of aldehydes is 1. The number of morpholine rings is 1. The van der Waals surface area contributed by atoms with E-state index < -0.39 is 0 Å². The van der Waals surface area contributed by atoms with Crippen molar-refractivity contribution in [1.82, 2.24) is 0 Å². The molecule has 92 valence electrons. The fourth-order valence-corrected chi connectivity index (χ4v) is 1.92. The number of carbonyl (C=O) groups excluding carboxylic acids is 1. The van der Waals surface area contributed by atoms with E-state index in [-0.39, 0.29) is 0 Å². The average molecular weight is 235 g/mol. The van der Waals surface area contributed by atoms with Crippen LogP contribution in [0.25, 0.3) is 0 Å². The Morgan fingerprint density at radius 2 is 2.18 bits per heavy atom. The van der Waals surface area contributed by atoms with Crippen molar-refractivity contribution in [2.24, 2.45) is 0 Å². The van der Waals surface area contributed by atoms with Crippen LogP contribution in [-0.4, -0.2) is 39.2 Å². The summed E-state index contributed by atoms with van der Waals surface area (Å²) in [6.07, 6.45) is 0.827. The van der Waals surface area contributed by atoms with Gasteiger partial charge in [-0.15, -0.1) is 0 Å². The number of nitrogens with zero attached hydrogens (tertiary/aromatic N) is 1. The summed E-state index contributed by atoms with van der Waals surface area (Å²) in [5, 5.41) is 0. The first-order valence-corrected chi connectivity index (χ1v) is 5.90. The minimum Gasteiger partial charge on any atom is -0.493 e. The van der Waals surface area contributed by atoms with Gasteiger partial charge < -0.3 is 14.4 Å². The van der Waals surface area contributed by atoms with Crippen LogP contribution in [0.4, 0.5) is 5.69 Å². The van der Waals surface area contributed by atoms with Gasteiger partial charge in [-0.3, -0.25) is 4.79 Å². The van der Waals surface area contributed by atoms with Crippen LogP contribution in [0.15, 0.2) is 18.2 Å². The molecule has 0 radical (unpaired) electrons. The maximum Gasteiger partial charge on any atom is 0.153 e. The summed E-state index contributed by atoms with van der Waals surface area (Å²) in [6, 6.07) is 5.69. The first-order valence-electron chi connectivity index (χ1n) is 5.90. The molecular weight excluding hydrogens is 218 g/mol. The van der Waals surface area contributed by atoms with E-state index in [4.69, 9.17) is 9.47 Å². The van der Waals surface area contributed by atoms with E-state index in [0.29, 0.717) is 17.9 Å². The van der Waals surface area contributed by atoms with Crippen LogP contribution in [0.5, 0.6) is 5.75 Å². The maximum absolute atomic E-state index is 10.9. The summed E-state index contributed by atoms with van der Waals surface area (Å²) in [5.74, 6) is 0.659. The highest BCUT2D eigenvalue weighted by molar-refractivity contribution is 5.80. The van der Waals surface area contributed by atoms with Gasteiger partial charge in [0.05, 0.1) is 25.4 Å². The first-order chi connectivity index (χ1) is 8.35. The summed E-state index contributed by atoms with van der Waals surface area (Å²) in [4.78, 5) is 13.1. The molecule has 0 unspecified atom stereocenters. The van der Waals surface area contributed by atoms with Crippen LogP contribution in [0.2, 0.25) is 0 Å². The molecule has 0 aromatic heterocycles. The Kier molecular flexibility index (Phi) is 3.98. The topological polar surface area (TPSA) is 38.8 Å². The van der Waals surface area contributed by atoms with Gasteiger partial charge in [0.15, 0.2) is 6.29 Å². The highest BCUT2D eigenvalue weighted by Crippen LogP contribution is 2.25. The molecule has 1 aliphatic rings. The van der Waals surface area contributed by atoms with Crippen molar-refractivity contribution >= 4 is 12.0 Å². The standard InChI is InChI=1S/C13H17NO3/c1-2-17-13-9-12(4-3-11(13)10-15)14-5-7-16-8-6-14/h3-4,9-10H,2,5-8H2,1H3. The quantitative estimate of drug-likeness (QED) is 0.745. The zero-order valence-corrected chi connectivity index (χ0v) is 10.0. The van der Waals surface area contributed by atoms with Gasteiger partial charge in [0.1, 0.15) is 5.75 Å². The summed E-state index contributed by atoms with van der Waals surface area (Å²) in [6.45, 7) is 5.74. The van der Waals surface area contributed by atoms with E-state index in [1.54, 1.807) is 0 Å². The lowest BCUT2D eigenvalue weighted by Crippen LogP contribution is -2.36. The van der Waals surface area contributed by atoms with Crippen molar-refractivity contribution in [3.63, 3.8) is 0 Å². The lowest BCUT2D eigenvalue weighted by atomic mass is 10.2. The smallest absolute Gasteiger partial charge is 0.153 e. The van der Waals surface area contributed by atoms with Crippen molar-refractivity contribution in [2.75, 3.05) is 37.8 Å². The van der Waals surface area contributed by atoms with Crippen LogP contribution in [0, 0.1) is 0 Å². The van der Waals surface area contributed by atoms with Gasteiger partial charge >= 0.3 is 0 Å². The molecule has 0 spiro atoms. The van der Waals surface area contributed by atoms with Crippen molar-refractivity contribution < 1.29 is 14.3 Å². The predicted molar refractivity (Wildman–Crippen MR) is 66.0 cm³/mol. The Hall–Kier alpha value is -1.55. The summed E-state index contributed by atoms with van der Waals surface area (Å²) in [7, 11) is 0. The second kappa shape index (κ2) is 5.68. The van der Waals surface area contributed by atoms with Crippen LogP contribution < -0.4 is 9.64 Å². The molecular formula is C13H17NO3. The Morgan fingerprint density at radius 1 is 1.41 bits per heavy atom. The van der Waals surface area contributed by atoms with Gasteiger partial charge in [-0.25, -0.2) is 0 Å². The Morgan fingerprint density at radius 3 is 2.82 bits per heavy atom. The second-order valence-corrected chi connectivity index (χ2v) is 3.87.